The van der Waals surface area contributed by atoms with Crippen molar-refractivity contribution in [3.63, 3.8) is 0 Å². The molecule has 0 spiro atoms. The van der Waals surface area contributed by atoms with Crippen molar-refractivity contribution in [2.75, 3.05) is 4.43 Å². The van der Waals surface area contributed by atoms with E-state index in [0.717, 1.165) is 11.8 Å². The number of alkyl halides is 1. The molecule has 0 saturated heterocycles. The number of hydrogen-bond acceptors (Lipinski definition) is 0. The van der Waals surface area contributed by atoms with Crippen molar-refractivity contribution in [1.29, 1.82) is 0 Å². The summed E-state index contributed by atoms with van der Waals surface area (Å²) in [6.07, 6.45) is 7.21. The first kappa shape index (κ1) is 11.5. The SMILES string of the molecule is CC(C)CC=CC(C)CCI. The molecule has 1 heteroatoms. The van der Waals surface area contributed by atoms with Gasteiger partial charge in [0.1, 0.15) is 0 Å². The Balaban J connectivity index is 3.39. The van der Waals surface area contributed by atoms with Gasteiger partial charge in [-0.1, -0.05) is 55.5 Å². The fourth-order valence-electron chi connectivity index (χ4n) is 0.851. The minimum absolute atomic E-state index is 0.769. The highest BCUT2D eigenvalue weighted by atomic mass is 127. The molecule has 0 aliphatic rings. The summed E-state index contributed by atoms with van der Waals surface area (Å²) in [5.41, 5.74) is 0. The Labute approximate surface area is 84.6 Å². The third-order valence-electron chi connectivity index (χ3n) is 1.64. The average molecular weight is 266 g/mol. The Kier molecular flexibility index (Phi) is 7.44. The molecule has 0 nitrogen and oxygen atoms in total. The van der Waals surface area contributed by atoms with E-state index in [1.165, 1.54) is 17.3 Å². The molecule has 1 unspecified atom stereocenters. The molecule has 0 N–H and O–H groups in total. The van der Waals surface area contributed by atoms with Gasteiger partial charge in [-0.3, -0.25) is 0 Å². The van der Waals surface area contributed by atoms with Crippen LogP contribution in [0.2, 0.25) is 0 Å². The van der Waals surface area contributed by atoms with Crippen LogP contribution in [0.3, 0.4) is 0 Å². The number of hydrogen-bond donors (Lipinski definition) is 0. The summed E-state index contributed by atoms with van der Waals surface area (Å²) in [6, 6.07) is 0. The molecule has 0 fully saturated rings. The standard InChI is InChI=1S/C10H19I/c1-9(2)5-4-6-10(3)7-8-11/h4,6,9-10H,5,7-8H2,1-3H3. The van der Waals surface area contributed by atoms with Gasteiger partial charge in [-0.2, -0.15) is 0 Å². The molecule has 0 heterocycles. The molecule has 0 radical (unpaired) electrons. The molecule has 0 aliphatic heterocycles. The molecule has 0 amide bonds. The van der Waals surface area contributed by atoms with Crippen LogP contribution in [0.5, 0.6) is 0 Å². The molecule has 0 rings (SSSR count). The van der Waals surface area contributed by atoms with Crippen LogP contribution in [-0.4, -0.2) is 4.43 Å². The zero-order valence-electron chi connectivity index (χ0n) is 7.81. The van der Waals surface area contributed by atoms with E-state index in [0.29, 0.717) is 0 Å². The molecule has 0 aliphatic carbocycles. The normalized spacial score (nSPS) is 14.6. The molecule has 0 aromatic heterocycles. The summed E-state index contributed by atoms with van der Waals surface area (Å²) in [4.78, 5) is 0. The average Bonchev–Trinajstić information content (AvgIpc) is 1.87. The third kappa shape index (κ3) is 8.38. The van der Waals surface area contributed by atoms with Crippen LogP contribution in [0.15, 0.2) is 12.2 Å². The lowest BCUT2D eigenvalue weighted by Crippen LogP contribution is -1.90. The summed E-state index contributed by atoms with van der Waals surface area (Å²) < 4.78 is 1.27. The molecule has 0 aromatic carbocycles. The molecular weight excluding hydrogens is 247 g/mol. The molecule has 0 saturated carbocycles. The van der Waals surface area contributed by atoms with Gasteiger partial charge in [-0.25, -0.2) is 0 Å². The van der Waals surface area contributed by atoms with E-state index in [2.05, 4.69) is 55.5 Å². The van der Waals surface area contributed by atoms with Crippen molar-refractivity contribution >= 4 is 22.6 Å². The molecule has 1 atom stereocenters. The first-order chi connectivity index (χ1) is 5.16. The second-order valence-electron chi connectivity index (χ2n) is 3.51. The van der Waals surface area contributed by atoms with Gasteiger partial charge in [0.2, 0.25) is 0 Å². The predicted molar refractivity (Wildman–Crippen MR) is 61.3 cm³/mol. The van der Waals surface area contributed by atoms with Gasteiger partial charge in [-0.15, -0.1) is 0 Å². The zero-order chi connectivity index (χ0) is 8.69. The topological polar surface area (TPSA) is 0 Å². The van der Waals surface area contributed by atoms with Gasteiger partial charge in [0, 0.05) is 4.43 Å². The highest BCUT2D eigenvalue weighted by Gasteiger charge is 1.94. The van der Waals surface area contributed by atoms with E-state index in [1.54, 1.807) is 0 Å². The van der Waals surface area contributed by atoms with Gasteiger partial charge in [0.25, 0.3) is 0 Å². The molecule has 11 heavy (non-hydrogen) atoms. The maximum Gasteiger partial charge on any atom is 0.0000771 e. The monoisotopic (exact) mass is 266 g/mol. The van der Waals surface area contributed by atoms with Gasteiger partial charge >= 0.3 is 0 Å². The summed E-state index contributed by atoms with van der Waals surface area (Å²) >= 11 is 2.43. The van der Waals surface area contributed by atoms with Crippen molar-refractivity contribution in [3.8, 4) is 0 Å². The van der Waals surface area contributed by atoms with Crippen molar-refractivity contribution < 1.29 is 0 Å². The van der Waals surface area contributed by atoms with Crippen molar-refractivity contribution in [2.45, 2.75) is 33.6 Å². The van der Waals surface area contributed by atoms with Gasteiger partial charge in [-0.05, 0) is 24.7 Å². The Morgan fingerprint density at radius 3 is 2.36 bits per heavy atom. The van der Waals surface area contributed by atoms with Crippen LogP contribution in [-0.2, 0) is 0 Å². The number of allylic oxidation sites excluding steroid dienone is 2. The van der Waals surface area contributed by atoms with Crippen LogP contribution >= 0.6 is 22.6 Å². The van der Waals surface area contributed by atoms with Gasteiger partial charge in [0.05, 0.1) is 0 Å². The second kappa shape index (κ2) is 7.14. The zero-order valence-corrected chi connectivity index (χ0v) is 9.97. The Hall–Kier alpha value is 0.470. The van der Waals surface area contributed by atoms with Gasteiger partial charge in [0.15, 0.2) is 0 Å². The molecular formula is C10H19I. The highest BCUT2D eigenvalue weighted by molar-refractivity contribution is 14.1. The van der Waals surface area contributed by atoms with Crippen LogP contribution < -0.4 is 0 Å². The Morgan fingerprint density at radius 2 is 1.91 bits per heavy atom. The lowest BCUT2D eigenvalue weighted by Gasteiger charge is -2.02. The Morgan fingerprint density at radius 1 is 1.27 bits per heavy atom. The quantitative estimate of drug-likeness (QED) is 0.400. The predicted octanol–water partition coefficient (Wildman–Crippen LogP) is 4.05. The van der Waals surface area contributed by atoms with Crippen LogP contribution in [0.4, 0.5) is 0 Å². The van der Waals surface area contributed by atoms with Crippen molar-refractivity contribution in [1.82, 2.24) is 0 Å². The summed E-state index contributed by atoms with van der Waals surface area (Å²) in [7, 11) is 0. The summed E-state index contributed by atoms with van der Waals surface area (Å²) in [6.45, 7) is 6.80. The van der Waals surface area contributed by atoms with Gasteiger partial charge < -0.3 is 0 Å². The molecule has 0 aromatic rings. The van der Waals surface area contributed by atoms with E-state index in [-0.39, 0.29) is 0 Å². The Bertz CT molecular complexity index is 105. The van der Waals surface area contributed by atoms with E-state index < -0.39 is 0 Å². The molecule has 66 valence electrons. The summed E-state index contributed by atoms with van der Waals surface area (Å²) in [5, 5.41) is 0. The first-order valence-corrected chi connectivity index (χ1v) is 5.92. The van der Waals surface area contributed by atoms with E-state index in [1.807, 2.05) is 0 Å². The smallest absolute Gasteiger partial charge is 0.0000771 e. The van der Waals surface area contributed by atoms with E-state index in [9.17, 15) is 0 Å². The first-order valence-electron chi connectivity index (χ1n) is 4.39. The molecule has 0 bridgehead atoms. The minimum atomic E-state index is 0.769. The largest absolute Gasteiger partial charge is 0.0880 e. The lowest BCUT2D eigenvalue weighted by molar-refractivity contribution is 0.651. The maximum atomic E-state index is 2.43. The van der Waals surface area contributed by atoms with E-state index in [4.69, 9.17) is 0 Å². The van der Waals surface area contributed by atoms with E-state index >= 15 is 0 Å². The maximum absolute atomic E-state index is 2.43. The summed E-state index contributed by atoms with van der Waals surface area (Å²) in [5.74, 6) is 1.57. The lowest BCUT2D eigenvalue weighted by atomic mass is 10.1. The number of halogens is 1. The van der Waals surface area contributed by atoms with Crippen molar-refractivity contribution in [3.05, 3.63) is 12.2 Å². The van der Waals surface area contributed by atoms with Crippen LogP contribution in [0, 0.1) is 11.8 Å². The third-order valence-corrected chi connectivity index (χ3v) is 2.26. The number of rotatable bonds is 5. The van der Waals surface area contributed by atoms with Crippen molar-refractivity contribution in [2.24, 2.45) is 11.8 Å². The van der Waals surface area contributed by atoms with Crippen LogP contribution in [0.1, 0.15) is 33.6 Å². The van der Waals surface area contributed by atoms with Crippen LogP contribution in [0.25, 0.3) is 0 Å². The highest BCUT2D eigenvalue weighted by Crippen LogP contribution is 2.08. The second-order valence-corrected chi connectivity index (χ2v) is 4.59. The minimum Gasteiger partial charge on any atom is -0.0880 e. The fourth-order valence-corrected chi connectivity index (χ4v) is 1.83. The fraction of sp³-hybridized carbons (Fsp3) is 0.800.